The molecule has 1 aromatic rings. The zero-order valence-electron chi connectivity index (χ0n) is 10.7. The van der Waals surface area contributed by atoms with Crippen LogP contribution in [0.3, 0.4) is 0 Å². The minimum Gasteiger partial charge on any atom is -0.329 e. The minimum absolute atomic E-state index is 0.0874. The molecule has 102 valence electrons. The molecule has 0 atom stereocenters. The maximum Gasteiger partial charge on any atom is 0.232 e. The Balaban J connectivity index is 0.00000137. The van der Waals surface area contributed by atoms with Crippen molar-refractivity contribution in [1.82, 2.24) is 0 Å². The molecule has 4 nitrogen and oxygen atoms in total. The number of hydrogen-bond donors (Lipinski definition) is 1. The van der Waals surface area contributed by atoms with Gasteiger partial charge in [0.2, 0.25) is 15.5 Å². The van der Waals surface area contributed by atoms with Crippen molar-refractivity contribution in [1.29, 1.82) is 0 Å². The van der Waals surface area contributed by atoms with Crippen LogP contribution in [-0.2, 0) is 20.3 Å². The molecule has 0 heterocycles. The SMILES string of the molecule is CC.Cc1cc(NC=O)ccc1CCS(=O)(=O)Cl. The van der Waals surface area contributed by atoms with E-state index in [1.807, 2.05) is 20.8 Å². The molecule has 1 rings (SSSR count). The van der Waals surface area contributed by atoms with Crippen LogP contribution in [0.25, 0.3) is 0 Å². The standard InChI is InChI=1S/C10H12ClNO3S.C2H6/c1-8-6-10(12-7-13)3-2-9(8)4-5-16(11,14)15;1-2/h2-3,6-7H,4-5H2,1H3,(H,12,13);1-2H3. The number of rotatable bonds is 5. The summed E-state index contributed by atoms with van der Waals surface area (Å²) in [6, 6.07) is 5.28. The number of amides is 1. The van der Waals surface area contributed by atoms with Crippen LogP contribution < -0.4 is 5.32 Å². The average Bonchev–Trinajstić information content (AvgIpc) is 2.30. The van der Waals surface area contributed by atoms with Gasteiger partial charge in [0.25, 0.3) is 0 Å². The van der Waals surface area contributed by atoms with Gasteiger partial charge in [-0.1, -0.05) is 19.9 Å². The second kappa shape index (κ2) is 8.11. The number of nitrogens with one attached hydrogen (secondary N) is 1. The lowest BCUT2D eigenvalue weighted by molar-refractivity contribution is -0.105. The van der Waals surface area contributed by atoms with Crippen LogP contribution in [0.4, 0.5) is 5.69 Å². The van der Waals surface area contributed by atoms with Gasteiger partial charge in [-0.3, -0.25) is 4.79 Å². The third-order valence-electron chi connectivity index (χ3n) is 2.18. The van der Waals surface area contributed by atoms with Crippen molar-refractivity contribution in [3.8, 4) is 0 Å². The van der Waals surface area contributed by atoms with Crippen LogP contribution in [0.5, 0.6) is 0 Å². The summed E-state index contributed by atoms with van der Waals surface area (Å²) in [7, 11) is 1.67. The Labute approximate surface area is 113 Å². The number of anilines is 1. The number of halogens is 1. The molecule has 0 aliphatic carbocycles. The maximum absolute atomic E-state index is 10.8. The Morgan fingerprint density at radius 1 is 1.33 bits per heavy atom. The van der Waals surface area contributed by atoms with Crippen LogP contribution >= 0.6 is 10.7 Å². The quantitative estimate of drug-likeness (QED) is 0.670. The first-order valence-electron chi connectivity index (χ1n) is 5.64. The largest absolute Gasteiger partial charge is 0.329 e. The topological polar surface area (TPSA) is 63.2 Å². The maximum atomic E-state index is 10.8. The summed E-state index contributed by atoms with van der Waals surface area (Å²) in [6.45, 7) is 5.85. The van der Waals surface area contributed by atoms with E-state index in [1.54, 1.807) is 18.2 Å². The summed E-state index contributed by atoms with van der Waals surface area (Å²) in [5.74, 6) is -0.0874. The lowest BCUT2D eigenvalue weighted by atomic mass is 10.1. The van der Waals surface area contributed by atoms with E-state index in [0.29, 0.717) is 18.5 Å². The molecule has 6 heteroatoms. The monoisotopic (exact) mass is 291 g/mol. The molecule has 0 saturated heterocycles. The van der Waals surface area contributed by atoms with E-state index in [2.05, 4.69) is 5.32 Å². The first kappa shape index (κ1) is 16.9. The minimum atomic E-state index is -3.46. The van der Waals surface area contributed by atoms with E-state index in [0.717, 1.165) is 11.1 Å². The van der Waals surface area contributed by atoms with Crippen LogP contribution in [0, 0.1) is 6.92 Å². The van der Waals surface area contributed by atoms with Crippen molar-refractivity contribution in [2.24, 2.45) is 0 Å². The van der Waals surface area contributed by atoms with Crippen molar-refractivity contribution in [2.75, 3.05) is 11.1 Å². The molecule has 0 saturated carbocycles. The van der Waals surface area contributed by atoms with Crippen LogP contribution in [0.1, 0.15) is 25.0 Å². The average molecular weight is 292 g/mol. The van der Waals surface area contributed by atoms with Gasteiger partial charge in [0, 0.05) is 16.4 Å². The van der Waals surface area contributed by atoms with Crippen LogP contribution in [0.15, 0.2) is 18.2 Å². The normalized spacial score (nSPS) is 10.2. The summed E-state index contributed by atoms with van der Waals surface area (Å²) in [5.41, 5.74) is 2.51. The molecule has 0 spiro atoms. The van der Waals surface area contributed by atoms with Crippen LogP contribution in [0.2, 0.25) is 0 Å². The smallest absolute Gasteiger partial charge is 0.232 e. The van der Waals surface area contributed by atoms with Gasteiger partial charge in [0.15, 0.2) is 0 Å². The van der Waals surface area contributed by atoms with Crippen molar-refractivity contribution < 1.29 is 13.2 Å². The Bertz CT molecular complexity index is 486. The molecule has 0 aromatic heterocycles. The predicted octanol–water partition coefficient (Wildman–Crippen LogP) is 2.70. The first-order valence-corrected chi connectivity index (χ1v) is 8.12. The van der Waals surface area contributed by atoms with Crippen molar-refractivity contribution in [2.45, 2.75) is 27.2 Å². The van der Waals surface area contributed by atoms with Crippen molar-refractivity contribution in [3.63, 3.8) is 0 Å². The van der Waals surface area contributed by atoms with Gasteiger partial charge < -0.3 is 5.32 Å². The van der Waals surface area contributed by atoms with Gasteiger partial charge in [-0.15, -0.1) is 0 Å². The molecule has 1 N–H and O–H groups in total. The number of carbonyl (C=O) groups is 1. The highest BCUT2D eigenvalue weighted by molar-refractivity contribution is 8.13. The van der Waals surface area contributed by atoms with E-state index in [9.17, 15) is 13.2 Å². The Hall–Kier alpha value is -1.07. The lowest BCUT2D eigenvalue weighted by Gasteiger charge is -2.06. The van der Waals surface area contributed by atoms with Gasteiger partial charge in [-0.25, -0.2) is 8.42 Å². The number of carbonyl (C=O) groups excluding carboxylic acids is 1. The molecule has 1 amide bonds. The molecule has 0 unspecified atom stereocenters. The highest BCUT2D eigenvalue weighted by atomic mass is 35.7. The molecule has 0 fully saturated rings. The second-order valence-corrected chi connectivity index (χ2v) is 6.29. The summed E-state index contributed by atoms with van der Waals surface area (Å²) >= 11 is 0. The lowest BCUT2D eigenvalue weighted by Crippen LogP contribution is -2.03. The summed E-state index contributed by atoms with van der Waals surface area (Å²) in [4.78, 5) is 10.2. The zero-order chi connectivity index (χ0) is 14.2. The highest BCUT2D eigenvalue weighted by Gasteiger charge is 2.07. The van der Waals surface area contributed by atoms with Gasteiger partial charge in [0.05, 0.1) is 5.75 Å². The Morgan fingerprint density at radius 3 is 2.39 bits per heavy atom. The Morgan fingerprint density at radius 2 is 1.94 bits per heavy atom. The first-order chi connectivity index (χ1) is 8.42. The number of aryl methyl sites for hydroxylation is 2. The summed E-state index contributed by atoms with van der Waals surface area (Å²) in [5, 5.41) is 2.52. The fraction of sp³-hybridized carbons (Fsp3) is 0.417. The molecule has 0 aliphatic heterocycles. The van der Waals surface area contributed by atoms with Crippen LogP contribution in [-0.4, -0.2) is 20.6 Å². The molecule has 18 heavy (non-hydrogen) atoms. The van der Waals surface area contributed by atoms with E-state index < -0.39 is 9.05 Å². The molecule has 0 aliphatic rings. The van der Waals surface area contributed by atoms with Crippen molar-refractivity contribution in [3.05, 3.63) is 29.3 Å². The number of hydrogen-bond acceptors (Lipinski definition) is 3. The molecule has 0 bridgehead atoms. The molecule has 1 aromatic carbocycles. The third kappa shape index (κ3) is 6.61. The highest BCUT2D eigenvalue weighted by Crippen LogP contribution is 2.16. The fourth-order valence-electron chi connectivity index (χ4n) is 1.37. The van der Waals surface area contributed by atoms with Gasteiger partial charge in [-0.2, -0.15) is 0 Å². The molecular weight excluding hydrogens is 274 g/mol. The summed E-state index contributed by atoms with van der Waals surface area (Å²) < 4.78 is 21.6. The molecular formula is C12H18ClNO3S. The van der Waals surface area contributed by atoms with Gasteiger partial charge in [0.1, 0.15) is 0 Å². The van der Waals surface area contributed by atoms with Crippen molar-refractivity contribution >= 4 is 31.8 Å². The second-order valence-electron chi connectivity index (χ2n) is 3.40. The molecule has 0 radical (unpaired) electrons. The van der Waals surface area contributed by atoms with E-state index in [4.69, 9.17) is 10.7 Å². The zero-order valence-corrected chi connectivity index (χ0v) is 12.3. The van der Waals surface area contributed by atoms with E-state index in [-0.39, 0.29) is 5.75 Å². The van der Waals surface area contributed by atoms with E-state index >= 15 is 0 Å². The summed E-state index contributed by atoms with van der Waals surface area (Å²) in [6.07, 6.45) is 0.969. The fourth-order valence-corrected chi connectivity index (χ4v) is 2.06. The number of benzene rings is 1. The predicted molar refractivity (Wildman–Crippen MR) is 75.6 cm³/mol. The van der Waals surface area contributed by atoms with Gasteiger partial charge in [-0.05, 0) is 36.6 Å². The third-order valence-corrected chi connectivity index (χ3v) is 3.34. The Kier molecular flexibility index (Phi) is 7.62. The van der Waals surface area contributed by atoms with Gasteiger partial charge >= 0.3 is 0 Å². The van der Waals surface area contributed by atoms with E-state index in [1.165, 1.54) is 0 Å².